The Morgan fingerprint density at radius 3 is 2.39 bits per heavy atom. The van der Waals surface area contributed by atoms with Gasteiger partial charge in [0.15, 0.2) is 0 Å². The minimum absolute atomic E-state index is 0.0451. The van der Waals surface area contributed by atoms with Gasteiger partial charge in [0.05, 0.1) is 23.5 Å². The van der Waals surface area contributed by atoms with Crippen molar-refractivity contribution in [1.29, 1.82) is 0 Å². The highest BCUT2D eigenvalue weighted by Gasteiger charge is 2.25. The Morgan fingerprint density at radius 1 is 1.28 bits per heavy atom. The summed E-state index contributed by atoms with van der Waals surface area (Å²) in [7, 11) is -3.36. The summed E-state index contributed by atoms with van der Waals surface area (Å²) in [5.74, 6) is -0.146. The van der Waals surface area contributed by atoms with Gasteiger partial charge in [0.25, 0.3) is 0 Å². The van der Waals surface area contributed by atoms with Crippen LogP contribution in [-0.2, 0) is 14.8 Å². The molecule has 1 aliphatic rings. The van der Waals surface area contributed by atoms with Crippen LogP contribution >= 0.6 is 0 Å². The van der Waals surface area contributed by atoms with Crippen LogP contribution in [0.15, 0.2) is 24.3 Å². The molecule has 0 atom stereocenters. The Kier molecular flexibility index (Phi) is 3.53. The third-order valence-corrected chi connectivity index (χ3v) is 3.22. The van der Waals surface area contributed by atoms with Gasteiger partial charge in [-0.1, -0.05) is 12.1 Å². The molecule has 1 amide bonds. The van der Waals surface area contributed by atoms with Crippen LogP contribution in [0.3, 0.4) is 0 Å². The molecule has 7 heteroatoms. The third-order valence-electron chi connectivity index (χ3n) is 2.63. The lowest BCUT2D eigenvalue weighted by molar-refractivity contribution is -0.121. The first-order chi connectivity index (χ1) is 8.46. The van der Waals surface area contributed by atoms with Crippen molar-refractivity contribution in [3.63, 3.8) is 0 Å². The standard InChI is InChI=1S/C11H15N3O3S/c1-18(16,17)14-10-5-3-2-4-9(10)13-11(15)8-6-12-7-8/h2-5,8,12,14H,6-7H2,1H3,(H,13,15). The van der Waals surface area contributed by atoms with Gasteiger partial charge in [-0.15, -0.1) is 0 Å². The highest BCUT2D eigenvalue weighted by atomic mass is 32.2. The number of hydrogen-bond acceptors (Lipinski definition) is 4. The fraction of sp³-hybridized carbons (Fsp3) is 0.364. The minimum Gasteiger partial charge on any atom is -0.324 e. The highest BCUT2D eigenvalue weighted by Crippen LogP contribution is 2.22. The quantitative estimate of drug-likeness (QED) is 0.729. The SMILES string of the molecule is CS(=O)(=O)Nc1ccccc1NC(=O)C1CNC1. The Balaban J connectivity index is 2.14. The molecule has 2 rings (SSSR count). The Labute approximate surface area is 106 Å². The summed E-state index contributed by atoms with van der Waals surface area (Å²) in [6, 6.07) is 6.71. The maximum atomic E-state index is 11.8. The fourth-order valence-corrected chi connectivity index (χ4v) is 2.17. The number of nitrogens with one attached hydrogen (secondary N) is 3. The molecular weight excluding hydrogens is 254 g/mol. The van der Waals surface area contributed by atoms with Crippen molar-refractivity contribution in [2.45, 2.75) is 0 Å². The Bertz CT molecular complexity index is 552. The fourth-order valence-electron chi connectivity index (χ4n) is 1.59. The van der Waals surface area contributed by atoms with Crippen molar-refractivity contribution < 1.29 is 13.2 Å². The summed E-state index contributed by atoms with van der Waals surface area (Å²) in [5.41, 5.74) is 0.848. The molecule has 0 saturated carbocycles. The number of hydrogen-bond donors (Lipinski definition) is 3. The van der Waals surface area contributed by atoms with E-state index < -0.39 is 10.0 Å². The van der Waals surface area contributed by atoms with Gasteiger partial charge in [0.1, 0.15) is 0 Å². The predicted molar refractivity (Wildman–Crippen MR) is 69.9 cm³/mol. The molecule has 1 fully saturated rings. The van der Waals surface area contributed by atoms with Crippen LogP contribution in [0.1, 0.15) is 0 Å². The van der Waals surface area contributed by atoms with E-state index in [1.165, 1.54) is 0 Å². The average Bonchev–Trinajstić information content (AvgIpc) is 2.16. The number of para-hydroxylation sites is 2. The van der Waals surface area contributed by atoms with Gasteiger partial charge in [-0.2, -0.15) is 0 Å². The van der Waals surface area contributed by atoms with Crippen LogP contribution in [0.4, 0.5) is 11.4 Å². The lowest BCUT2D eigenvalue weighted by Gasteiger charge is -2.26. The van der Waals surface area contributed by atoms with E-state index in [0.717, 1.165) is 6.26 Å². The van der Waals surface area contributed by atoms with Gasteiger partial charge >= 0.3 is 0 Å². The van der Waals surface area contributed by atoms with Gasteiger partial charge in [0.2, 0.25) is 15.9 Å². The Morgan fingerprint density at radius 2 is 1.89 bits per heavy atom. The summed E-state index contributed by atoms with van der Waals surface area (Å²) < 4.78 is 24.8. The molecule has 1 aliphatic heterocycles. The van der Waals surface area contributed by atoms with E-state index in [1.807, 2.05) is 0 Å². The average molecular weight is 269 g/mol. The first-order valence-corrected chi connectivity index (χ1v) is 7.43. The molecule has 0 unspecified atom stereocenters. The summed E-state index contributed by atoms with van der Waals surface area (Å²) >= 11 is 0. The third kappa shape index (κ3) is 3.21. The number of rotatable bonds is 4. The molecule has 1 aromatic rings. The van der Waals surface area contributed by atoms with Gasteiger partial charge < -0.3 is 10.6 Å². The number of amides is 1. The minimum atomic E-state index is -3.36. The first kappa shape index (κ1) is 12.8. The maximum absolute atomic E-state index is 11.8. The predicted octanol–water partition coefficient (Wildman–Crippen LogP) is 0.216. The number of carbonyl (C=O) groups is 1. The van der Waals surface area contributed by atoms with Crippen molar-refractivity contribution in [2.75, 3.05) is 29.4 Å². The molecule has 3 N–H and O–H groups in total. The highest BCUT2D eigenvalue weighted by molar-refractivity contribution is 7.92. The summed E-state index contributed by atoms with van der Waals surface area (Å²) in [6.07, 6.45) is 1.07. The van der Waals surface area contributed by atoms with Crippen LogP contribution in [0, 0.1) is 5.92 Å². The van der Waals surface area contributed by atoms with Crippen LogP contribution in [0.25, 0.3) is 0 Å². The molecule has 6 nitrogen and oxygen atoms in total. The van der Waals surface area contributed by atoms with Crippen molar-refractivity contribution in [2.24, 2.45) is 5.92 Å². The lowest BCUT2D eigenvalue weighted by Crippen LogP contribution is -2.48. The normalized spacial score (nSPS) is 15.8. The van der Waals surface area contributed by atoms with Crippen molar-refractivity contribution >= 4 is 27.3 Å². The molecule has 0 aromatic heterocycles. The van der Waals surface area contributed by atoms with Gasteiger partial charge in [0, 0.05) is 13.1 Å². The van der Waals surface area contributed by atoms with E-state index in [0.29, 0.717) is 24.5 Å². The first-order valence-electron chi connectivity index (χ1n) is 5.54. The maximum Gasteiger partial charge on any atom is 0.230 e. The van der Waals surface area contributed by atoms with Gasteiger partial charge in [-0.05, 0) is 12.1 Å². The zero-order chi connectivity index (χ0) is 13.2. The molecule has 0 radical (unpaired) electrons. The largest absolute Gasteiger partial charge is 0.324 e. The molecule has 98 valence electrons. The number of anilines is 2. The second-order valence-corrected chi connectivity index (χ2v) is 6.01. The molecule has 1 aromatic carbocycles. The van der Waals surface area contributed by atoms with E-state index in [-0.39, 0.29) is 11.8 Å². The molecular formula is C11H15N3O3S. The van der Waals surface area contributed by atoms with Crippen molar-refractivity contribution in [1.82, 2.24) is 5.32 Å². The Hall–Kier alpha value is -1.60. The van der Waals surface area contributed by atoms with E-state index in [2.05, 4.69) is 15.4 Å². The molecule has 18 heavy (non-hydrogen) atoms. The van der Waals surface area contributed by atoms with E-state index >= 15 is 0 Å². The topological polar surface area (TPSA) is 87.3 Å². The van der Waals surface area contributed by atoms with Crippen LogP contribution < -0.4 is 15.4 Å². The van der Waals surface area contributed by atoms with Crippen LogP contribution in [0.2, 0.25) is 0 Å². The molecule has 0 aliphatic carbocycles. The number of carbonyl (C=O) groups excluding carboxylic acids is 1. The van der Waals surface area contributed by atoms with E-state index in [9.17, 15) is 13.2 Å². The number of sulfonamides is 1. The second-order valence-electron chi connectivity index (χ2n) is 4.26. The lowest BCUT2D eigenvalue weighted by atomic mass is 10.0. The summed E-state index contributed by atoms with van der Waals surface area (Å²) in [5, 5.41) is 5.74. The molecule has 1 saturated heterocycles. The van der Waals surface area contributed by atoms with Crippen molar-refractivity contribution in [3.8, 4) is 0 Å². The van der Waals surface area contributed by atoms with Crippen LogP contribution in [0.5, 0.6) is 0 Å². The van der Waals surface area contributed by atoms with Crippen LogP contribution in [-0.4, -0.2) is 33.7 Å². The van der Waals surface area contributed by atoms with E-state index in [4.69, 9.17) is 0 Å². The zero-order valence-corrected chi connectivity index (χ0v) is 10.8. The zero-order valence-electron chi connectivity index (χ0n) is 9.93. The molecule has 1 heterocycles. The molecule has 0 spiro atoms. The van der Waals surface area contributed by atoms with E-state index in [1.54, 1.807) is 24.3 Å². The monoisotopic (exact) mass is 269 g/mol. The number of benzene rings is 1. The smallest absolute Gasteiger partial charge is 0.230 e. The van der Waals surface area contributed by atoms with Gasteiger partial charge in [-0.3, -0.25) is 9.52 Å². The summed E-state index contributed by atoms with van der Waals surface area (Å²) in [6.45, 7) is 1.32. The molecule has 0 bridgehead atoms. The summed E-state index contributed by atoms with van der Waals surface area (Å²) in [4.78, 5) is 11.8. The second kappa shape index (κ2) is 4.95. The van der Waals surface area contributed by atoms with Gasteiger partial charge in [-0.25, -0.2) is 8.42 Å². The van der Waals surface area contributed by atoms with Crippen molar-refractivity contribution in [3.05, 3.63) is 24.3 Å².